The van der Waals surface area contributed by atoms with Crippen LogP contribution >= 0.6 is 15.9 Å². The van der Waals surface area contributed by atoms with E-state index in [1.807, 2.05) is 38.6 Å². The first-order valence-corrected chi connectivity index (χ1v) is 7.79. The normalized spacial score (nSPS) is 14.3. The van der Waals surface area contributed by atoms with Gasteiger partial charge in [-0.05, 0) is 56.5 Å². The van der Waals surface area contributed by atoms with Crippen LogP contribution in [0.5, 0.6) is 0 Å². The number of carbonyl (C=O) groups excluding carboxylic acids is 1. The topological polar surface area (TPSA) is 56.2 Å². The maximum absolute atomic E-state index is 12.1. The minimum Gasteiger partial charge on any atom is -0.465 e. The Labute approximate surface area is 129 Å². The zero-order valence-corrected chi connectivity index (χ0v) is 14.2. The quantitative estimate of drug-likeness (QED) is 0.736. The molecule has 0 amide bonds. The van der Waals surface area contributed by atoms with Gasteiger partial charge in [0.1, 0.15) is 5.54 Å². The number of rotatable bonds is 8. The van der Waals surface area contributed by atoms with Crippen LogP contribution in [0.4, 0.5) is 0 Å². The number of hydrogen-bond donors (Lipinski definition) is 1. The summed E-state index contributed by atoms with van der Waals surface area (Å²) >= 11 is 3.37. The summed E-state index contributed by atoms with van der Waals surface area (Å²) < 4.78 is 8.01. The average Bonchev–Trinajstić information content (AvgIpc) is 2.74. The predicted octanol–water partition coefficient (Wildman–Crippen LogP) is 2.75. The lowest BCUT2D eigenvalue weighted by Crippen LogP contribution is -2.53. The van der Waals surface area contributed by atoms with Crippen molar-refractivity contribution >= 4 is 21.9 Å². The third kappa shape index (κ3) is 5.25. The van der Waals surface area contributed by atoms with Crippen LogP contribution in [0, 0.1) is 0 Å². The summed E-state index contributed by atoms with van der Waals surface area (Å²) in [6.45, 7) is 8.98. The zero-order valence-electron chi connectivity index (χ0n) is 12.6. The fourth-order valence-corrected chi connectivity index (χ4v) is 2.54. The van der Waals surface area contributed by atoms with Gasteiger partial charge in [0.05, 0.1) is 17.3 Å². The highest BCUT2D eigenvalue weighted by atomic mass is 79.9. The monoisotopic (exact) mass is 345 g/mol. The highest BCUT2D eigenvalue weighted by molar-refractivity contribution is 9.10. The minimum atomic E-state index is -0.644. The van der Waals surface area contributed by atoms with Crippen molar-refractivity contribution in [2.45, 2.75) is 58.7 Å². The van der Waals surface area contributed by atoms with E-state index < -0.39 is 5.54 Å². The van der Waals surface area contributed by atoms with Gasteiger partial charge < -0.3 is 4.74 Å². The van der Waals surface area contributed by atoms with E-state index in [1.54, 1.807) is 6.20 Å². The summed E-state index contributed by atoms with van der Waals surface area (Å²) in [6.07, 6.45) is 5.25. The standard InChI is InChI=1S/C14H24BrN3O2/c1-5-20-13(19)14(4,17-11(2)3)7-6-8-18-10-12(15)9-16-18/h9-11,17H,5-8H2,1-4H3. The second kappa shape index (κ2) is 7.78. The molecule has 20 heavy (non-hydrogen) atoms. The van der Waals surface area contributed by atoms with Gasteiger partial charge in [0, 0.05) is 18.8 Å². The molecule has 0 saturated heterocycles. The fourth-order valence-electron chi connectivity index (χ4n) is 2.22. The number of esters is 1. The van der Waals surface area contributed by atoms with Gasteiger partial charge in [-0.15, -0.1) is 0 Å². The lowest BCUT2D eigenvalue weighted by molar-refractivity contribution is -0.151. The van der Waals surface area contributed by atoms with Crippen molar-refractivity contribution in [2.75, 3.05) is 6.61 Å². The van der Waals surface area contributed by atoms with Gasteiger partial charge in [-0.3, -0.25) is 14.8 Å². The SMILES string of the molecule is CCOC(=O)C(C)(CCCn1cc(Br)cn1)NC(C)C. The molecule has 6 heteroatoms. The molecule has 0 saturated carbocycles. The highest BCUT2D eigenvalue weighted by Gasteiger charge is 2.34. The van der Waals surface area contributed by atoms with Gasteiger partial charge in [0.25, 0.3) is 0 Å². The lowest BCUT2D eigenvalue weighted by Gasteiger charge is -2.30. The molecule has 0 fully saturated rings. The molecule has 0 aromatic carbocycles. The molecular formula is C14H24BrN3O2. The maximum Gasteiger partial charge on any atom is 0.326 e. The summed E-state index contributed by atoms with van der Waals surface area (Å²) in [5.74, 6) is -0.185. The van der Waals surface area contributed by atoms with Gasteiger partial charge in [0.2, 0.25) is 0 Å². The smallest absolute Gasteiger partial charge is 0.326 e. The number of carbonyl (C=O) groups is 1. The van der Waals surface area contributed by atoms with Crippen molar-refractivity contribution < 1.29 is 9.53 Å². The molecule has 0 spiro atoms. The van der Waals surface area contributed by atoms with Crippen molar-refractivity contribution in [1.82, 2.24) is 15.1 Å². The van der Waals surface area contributed by atoms with Crippen molar-refractivity contribution in [3.63, 3.8) is 0 Å². The highest BCUT2D eigenvalue weighted by Crippen LogP contribution is 2.17. The van der Waals surface area contributed by atoms with E-state index in [0.29, 0.717) is 13.0 Å². The second-order valence-corrected chi connectivity index (χ2v) is 6.29. The van der Waals surface area contributed by atoms with Crippen LogP contribution in [-0.2, 0) is 16.1 Å². The first kappa shape index (κ1) is 17.2. The van der Waals surface area contributed by atoms with Gasteiger partial charge in [-0.25, -0.2) is 0 Å². The Morgan fingerprint density at radius 2 is 2.30 bits per heavy atom. The lowest BCUT2D eigenvalue weighted by atomic mass is 9.94. The molecule has 1 heterocycles. The molecule has 1 atom stereocenters. The average molecular weight is 346 g/mol. The molecule has 1 unspecified atom stereocenters. The largest absolute Gasteiger partial charge is 0.465 e. The summed E-state index contributed by atoms with van der Waals surface area (Å²) in [5.41, 5.74) is -0.644. The predicted molar refractivity (Wildman–Crippen MR) is 82.5 cm³/mol. The molecule has 1 rings (SSSR count). The van der Waals surface area contributed by atoms with E-state index in [9.17, 15) is 4.79 Å². The Morgan fingerprint density at radius 3 is 2.80 bits per heavy atom. The van der Waals surface area contributed by atoms with E-state index >= 15 is 0 Å². The summed E-state index contributed by atoms with van der Waals surface area (Å²) in [5, 5.41) is 7.53. The number of aromatic nitrogens is 2. The molecule has 0 radical (unpaired) electrons. The molecular weight excluding hydrogens is 322 g/mol. The second-order valence-electron chi connectivity index (χ2n) is 5.38. The molecule has 0 aliphatic heterocycles. The number of halogens is 1. The first-order valence-electron chi connectivity index (χ1n) is 7.00. The van der Waals surface area contributed by atoms with Gasteiger partial charge in [-0.1, -0.05) is 0 Å². The molecule has 114 valence electrons. The van der Waals surface area contributed by atoms with Gasteiger partial charge in [0.15, 0.2) is 0 Å². The molecule has 1 aromatic heterocycles. The third-order valence-electron chi connectivity index (χ3n) is 3.00. The van der Waals surface area contributed by atoms with E-state index in [-0.39, 0.29) is 12.0 Å². The molecule has 1 aromatic rings. The van der Waals surface area contributed by atoms with Crippen LogP contribution in [0.3, 0.4) is 0 Å². The van der Waals surface area contributed by atoms with Crippen molar-refractivity contribution in [3.05, 3.63) is 16.9 Å². The van der Waals surface area contributed by atoms with E-state index in [1.165, 1.54) is 0 Å². The van der Waals surface area contributed by atoms with Crippen LogP contribution in [-0.4, -0.2) is 33.9 Å². The van der Waals surface area contributed by atoms with Crippen molar-refractivity contribution in [1.29, 1.82) is 0 Å². The number of ether oxygens (including phenoxy) is 1. The van der Waals surface area contributed by atoms with Crippen LogP contribution in [0.1, 0.15) is 40.5 Å². The maximum atomic E-state index is 12.1. The van der Waals surface area contributed by atoms with Crippen LogP contribution in [0.25, 0.3) is 0 Å². The Kier molecular flexibility index (Phi) is 6.68. The summed E-state index contributed by atoms with van der Waals surface area (Å²) in [7, 11) is 0. The molecule has 0 aliphatic rings. The van der Waals surface area contributed by atoms with Crippen LogP contribution in [0.2, 0.25) is 0 Å². The van der Waals surface area contributed by atoms with E-state index in [4.69, 9.17) is 4.74 Å². The van der Waals surface area contributed by atoms with E-state index in [0.717, 1.165) is 17.4 Å². The number of nitrogens with zero attached hydrogens (tertiary/aromatic N) is 2. The van der Waals surface area contributed by atoms with Crippen LogP contribution in [0.15, 0.2) is 16.9 Å². The van der Waals surface area contributed by atoms with Gasteiger partial charge in [-0.2, -0.15) is 5.10 Å². The summed E-state index contributed by atoms with van der Waals surface area (Å²) in [6, 6.07) is 0.225. The number of nitrogens with one attached hydrogen (secondary N) is 1. The molecule has 5 nitrogen and oxygen atoms in total. The summed E-state index contributed by atoms with van der Waals surface area (Å²) in [4.78, 5) is 12.1. The third-order valence-corrected chi connectivity index (χ3v) is 3.41. The molecule has 1 N–H and O–H groups in total. The van der Waals surface area contributed by atoms with Crippen molar-refractivity contribution in [3.8, 4) is 0 Å². The molecule has 0 bridgehead atoms. The minimum absolute atomic E-state index is 0.185. The number of hydrogen-bond acceptors (Lipinski definition) is 4. The van der Waals surface area contributed by atoms with E-state index in [2.05, 4.69) is 26.3 Å². The van der Waals surface area contributed by atoms with Crippen LogP contribution < -0.4 is 5.32 Å². The Morgan fingerprint density at radius 1 is 1.60 bits per heavy atom. The Hall–Kier alpha value is -0.880. The zero-order chi connectivity index (χ0) is 15.2. The van der Waals surface area contributed by atoms with Gasteiger partial charge >= 0.3 is 5.97 Å². The van der Waals surface area contributed by atoms with Crippen molar-refractivity contribution in [2.24, 2.45) is 0 Å². The Balaban J connectivity index is 2.57. The number of aryl methyl sites for hydroxylation is 1. The Bertz CT molecular complexity index is 434. The molecule has 0 aliphatic carbocycles. The first-order chi connectivity index (χ1) is 9.37. The fraction of sp³-hybridized carbons (Fsp3) is 0.714.